The molecule has 1 unspecified atom stereocenters. The number of nitrogens with one attached hydrogen (secondary N) is 1. The average Bonchev–Trinajstić information content (AvgIpc) is 2.47. The summed E-state index contributed by atoms with van der Waals surface area (Å²) < 4.78 is 0. The van der Waals surface area contributed by atoms with E-state index < -0.39 is 0 Å². The average molecular weight is 301 g/mol. The van der Waals surface area contributed by atoms with Gasteiger partial charge in [-0.25, -0.2) is 0 Å². The minimum atomic E-state index is -0.262. The Morgan fingerprint density at radius 3 is 2.81 bits per heavy atom. The molecule has 3 nitrogen and oxygen atoms in total. The van der Waals surface area contributed by atoms with E-state index in [9.17, 15) is 4.79 Å². The maximum absolute atomic E-state index is 11.9. The molecule has 0 fully saturated rings. The Hall–Kier alpha value is -1.84. The van der Waals surface area contributed by atoms with Crippen molar-refractivity contribution in [1.29, 1.82) is 0 Å². The highest BCUT2D eigenvalue weighted by molar-refractivity contribution is 6.30. The molecule has 0 aromatic heterocycles. The fraction of sp³-hybridized carbons (Fsp3) is 0.235. The Labute approximate surface area is 129 Å². The molecule has 1 aliphatic heterocycles. The van der Waals surface area contributed by atoms with E-state index in [2.05, 4.69) is 5.32 Å². The molecular weight excluding hydrogens is 284 g/mol. The van der Waals surface area contributed by atoms with Crippen molar-refractivity contribution in [3.05, 3.63) is 69.2 Å². The van der Waals surface area contributed by atoms with Gasteiger partial charge in [0.15, 0.2) is 0 Å². The van der Waals surface area contributed by atoms with Crippen LogP contribution in [-0.2, 0) is 6.42 Å². The van der Waals surface area contributed by atoms with E-state index in [0.717, 1.165) is 34.2 Å². The van der Waals surface area contributed by atoms with Gasteiger partial charge in [0.1, 0.15) is 0 Å². The first-order valence-electron chi connectivity index (χ1n) is 6.99. The standard InChI is InChI=1S/C17H17ClN2O/c1-10-8-13(18)4-5-14(10)16(19)12-3-2-11-6-7-20-17(21)15(11)9-12/h2-5,8-9,16H,6-7,19H2,1H3,(H,20,21). The number of hydrogen-bond donors (Lipinski definition) is 2. The van der Waals surface area contributed by atoms with E-state index in [4.69, 9.17) is 17.3 Å². The SMILES string of the molecule is Cc1cc(Cl)ccc1C(N)c1ccc2c(c1)C(=O)NCC2. The third-order valence-corrected chi connectivity index (χ3v) is 4.22. The van der Waals surface area contributed by atoms with Crippen molar-refractivity contribution in [2.45, 2.75) is 19.4 Å². The molecule has 21 heavy (non-hydrogen) atoms. The van der Waals surface area contributed by atoms with Gasteiger partial charge in [-0.05, 0) is 53.8 Å². The van der Waals surface area contributed by atoms with Crippen molar-refractivity contribution >= 4 is 17.5 Å². The first-order chi connectivity index (χ1) is 10.1. The van der Waals surface area contributed by atoms with E-state index in [1.807, 2.05) is 43.3 Å². The molecule has 4 heteroatoms. The number of carbonyl (C=O) groups is 1. The molecule has 108 valence electrons. The second-order valence-corrected chi connectivity index (χ2v) is 5.84. The normalized spacial score (nSPS) is 15.3. The van der Waals surface area contributed by atoms with E-state index in [0.29, 0.717) is 11.6 Å². The van der Waals surface area contributed by atoms with Crippen LogP contribution < -0.4 is 11.1 Å². The van der Waals surface area contributed by atoms with Gasteiger partial charge in [-0.2, -0.15) is 0 Å². The van der Waals surface area contributed by atoms with E-state index in [-0.39, 0.29) is 11.9 Å². The largest absolute Gasteiger partial charge is 0.352 e. The van der Waals surface area contributed by atoms with Gasteiger partial charge >= 0.3 is 0 Å². The minimum Gasteiger partial charge on any atom is -0.352 e. The first-order valence-corrected chi connectivity index (χ1v) is 7.36. The van der Waals surface area contributed by atoms with Crippen LogP contribution in [0.3, 0.4) is 0 Å². The molecule has 1 heterocycles. The summed E-state index contributed by atoms with van der Waals surface area (Å²) >= 11 is 5.99. The first kappa shape index (κ1) is 14.1. The molecule has 0 bridgehead atoms. The molecule has 0 spiro atoms. The highest BCUT2D eigenvalue weighted by atomic mass is 35.5. The molecular formula is C17H17ClN2O. The number of carbonyl (C=O) groups excluding carboxylic acids is 1. The topological polar surface area (TPSA) is 55.1 Å². The molecule has 1 amide bonds. The number of hydrogen-bond acceptors (Lipinski definition) is 2. The van der Waals surface area contributed by atoms with E-state index in [1.165, 1.54) is 0 Å². The van der Waals surface area contributed by atoms with Crippen LogP contribution in [-0.4, -0.2) is 12.5 Å². The van der Waals surface area contributed by atoms with Crippen molar-refractivity contribution in [3.63, 3.8) is 0 Å². The number of rotatable bonds is 2. The Balaban J connectivity index is 2.00. The van der Waals surface area contributed by atoms with Crippen LogP contribution >= 0.6 is 11.6 Å². The Bertz CT molecular complexity index is 712. The van der Waals surface area contributed by atoms with Crippen molar-refractivity contribution in [2.75, 3.05) is 6.54 Å². The number of nitrogens with two attached hydrogens (primary N) is 1. The summed E-state index contributed by atoms with van der Waals surface area (Å²) in [4.78, 5) is 11.9. The smallest absolute Gasteiger partial charge is 0.251 e. The molecule has 2 aromatic rings. The van der Waals surface area contributed by atoms with Crippen LogP contribution in [0.15, 0.2) is 36.4 Å². The number of aryl methyl sites for hydroxylation is 1. The van der Waals surface area contributed by atoms with Gasteiger partial charge in [-0.15, -0.1) is 0 Å². The lowest BCUT2D eigenvalue weighted by atomic mass is 9.91. The van der Waals surface area contributed by atoms with Crippen molar-refractivity contribution in [1.82, 2.24) is 5.32 Å². The summed E-state index contributed by atoms with van der Waals surface area (Å²) in [6, 6.07) is 11.4. The van der Waals surface area contributed by atoms with Gasteiger partial charge in [0.05, 0.1) is 6.04 Å². The third kappa shape index (κ3) is 2.67. The number of halogens is 1. The Kier molecular flexibility index (Phi) is 3.70. The summed E-state index contributed by atoms with van der Waals surface area (Å²) in [7, 11) is 0. The molecule has 3 rings (SSSR count). The molecule has 2 aromatic carbocycles. The van der Waals surface area contributed by atoms with Crippen molar-refractivity contribution in [2.24, 2.45) is 5.73 Å². The lowest BCUT2D eigenvalue weighted by Crippen LogP contribution is -2.32. The van der Waals surface area contributed by atoms with E-state index in [1.54, 1.807) is 0 Å². The summed E-state index contributed by atoms with van der Waals surface area (Å²) in [6.07, 6.45) is 0.872. The second-order valence-electron chi connectivity index (χ2n) is 5.40. The minimum absolute atomic E-state index is 0.0156. The number of fused-ring (bicyclic) bond motifs is 1. The van der Waals surface area contributed by atoms with Gasteiger partial charge in [0.25, 0.3) is 5.91 Å². The predicted molar refractivity (Wildman–Crippen MR) is 84.7 cm³/mol. The molecule has 0 aliphatic carbocycles. The monoisotopic (exact) mass is 300 g/mol. The fourth-order valence-electron chi connectivity index (χ4n) is 2.79. The molecule has 1 atom stereocenters. The van der Waals surface area contributed by atoms with Crippen LogP contribution in [0.5, 0.6) is 0 Å². The molecule has 0 saturated heterocycles. The van der Waals surface area contributed by atoms with E-state index >= 15 is 0 Å². The van der Waals surface area contributed by atoms with Gasteiger partial charge < -0.3 is 11.1 Å². The zero-order valence-electron chi connectivity index (χ0n) is 11.8. The molecule has 3 N–H and O–H groups in total. The van der Waals surface area contributed by atoms with Gasteiger partial charge in [0.2, 0.25) is 0 Å². The lowest BCUT2D eigenvalue weighted by molar-refractivity contribution is 0.0946. The van der Waals surface area contributed by atoms with Gasteiger partial charge in [-0.1, -0.05) is 29.8 Å². The highest BCUT2D eigenvalue weighted by Crippen LogP contribution is 2.27. The summed E-state index contributed by atoms with van der Waals surface area (Å²) in [6.45, 7) is 2.69. The Morgan fingerprint density at radius 2 is 2.05 bits per heavy atom. The Morgan fingerprint density at radius 1 is 1.24 bits per heavy atom. The fourth-order valence-corrected chi connectivity index (χ4v) is 3.02. The van der Waals surface area contributed by atoms with Gasteiger partial charge in [-0.3, -0.25) is 4.79 Å². The molecule has 0 radical (unpaired) electrons. The van der Waals surface area contributed by atoms with Crippen molar-refractivity contribution in [3.8, 4) is 0 Å². The number of amides is 1. The summed E-state index contributed by atoms with van der Waals surface area (Å²) in [5.74, 6) is -0.0156. The van der Waals surface area contributed by atoms with Crippen LogP contribution in [0.1, 0.15) is 38.7 Å². The lowest BCUT2D eigenvalue weighted by Gasteiger charge is -2.20. The highest BCUT2D eigenvalue weighted by Gasteiger charge is 2.19. The zero-order valence-corrected chi connectivity index (χ0v) is 12.6. The van der Waals surface area contributed by atoms with Crippen LogP contribution in [0.4, 0.5) is 0 Å². The molecule has 0 saturated carbocycles. The van der Waals surface area contributed by atoms with Gasteiger partial charge in [0, 0.05) is 17.1 Å². The molecule has 1 aliphatic rings. The van der Waals surface area contributed by atoms with Crippen LogP contribution in [0.2, 0.25) is 5.02 Å². The number of benzene rings is 2. The maximum atomic E-state index is 11.9. The quantitative estimate of drug-likeness (QED) is 0.896. The predicted octanol–water partition coefficient (Wildman–Crippen LogP) is 2.98. The zero-order chi connectivity index (χ0) is 15.0. The van der Waals surface area contributed by atoms with Crippen LogP contribution in [0.25, 0.3) is 0 Å². The summed E-state index contributed by atoms with van der Waals surface area (Å²) in [5.41, 5.74) is 11.2. The van der Waals surface area contributed by atoms with Crippen molar-refractivity contribution < 1.29 is 4.79 Å². The van der Waals surface area contributed by atoms with Crippen LogP contribution in [0, 0.1) is 6.92 Å². The maximum Gasteiger partial charge on any atom is 0.251 e. The second kappa shape index (κ2) is 5.51. The summed E-state index contributed by atoms with van der Waals surface area (Å²) in [5, 5.41) is 3.57. The third-order valence-electron chi connectivity index (χ3n) is 3.98.